The summed E-state index contributed by atoms with van der Waals surface area (Å²) in [5.41, 5.74) is 3.20. The minimum absolute atomic E-state index is 0.0599. The number of aromatic nitrogens is 2. The molecule has 1 amide bonds. The van der Waals surface area contributed by atoms with Gasteiger partial charge in [0.2, 0.25) is 5.91 Å². The molecule has 5 nitrogen and oxygen atoms in total. The van der Waals surface area contributed by atoms with Crippen LogP contribution in [-0.2, 0) is 4.79 Å². The second-order valence-electron chi connectivity index (χ2n) is 7.70. The Labute approximate surface area is 168 Å². The highest BCUT2D eigenvalue weighted by atomic mass is 16.2. The van der Waals surface area contributed by atoms with Gasteiger partial charge in [-0.15, -0.1) is 10.2 Å². The van der Waals surface area contributed by atoms with E-state index in [2.05, 4.69) is 48.0 Å². The van der Waals surface area contributed by atoms with Crippen LogP contribution in [0.1, 0.15) is 45.1 Å². The minimum atomic E-state index is 0.0599. The quantitative estimate of drug-likeness (QED) is 0.718. The van der Waals surface area contributed by atoms with Crippen molar-refractivity contribution in [2.45, 2.75) is 46.5 Å². The first-order valence-electron chi connectivity index (χ1n) is 10.6. The number of piperidine rings is 1. The molecule has 1 aliphatic heterocycles. The van der Waals surface area contributed by atoms with E-state index in [9.17, 15) is 4.79 Å². The maximum absolute atomic E-state index is 13.0. The Bertz CT molecular complexity index is 768. The van der Waals surface area contributed by atoms with Crippen LogP contribution >= 0.6 is 0 Å². The topological polar surface area (TPSA) is 49.3 Å². The molecular weight excluding hydrogens is 348 g/mol. The van der Waals surface area contributed by atoms with E-state index >= 15 is 0 Å². The number of hydrogen-bond donors (Lipinski definition) is 0. The number of hydrogen-bond acceptors (Lipinski definition) is 4. The number of rotatable bonds is 7. The molecule has 2 heterocycles. The van der Waals surface area contributed by atoms with Crippen LogP contribution in [-0.4, -0.2) is 47.2 Å². The van der Waals surface area contributed by atoms with E-state index < -0.39 is 0 Å². The zero-order valence-electron chi connectivity index (χ0n) is 17.4. The van der Waals surface area contributed by atoms with Crippen LogP contribution in [0.2, 0.25) is 0 Å². The van der Waals surface area contributed by atoms with Gasteiger partial charge in [-0.3, -0.25) is 4.79 Å². The number of amides is 1. The van der Waals surface area contributed by atoms with Crippen LogP contribution < -0.4 is 4.90 Å². The molecule has 1 fully saturated rings. The smallest absolute Gasteiger partial charge is 0.227 e. The molecule has 1 aliphatic rings. The lowest BCUT2D eigenvalue weighted by Gasteiger charge is -2.35. The van der Waals surface area contributed by atoms with Crippen molar-refractivity contribution in [1.82, 2.24) is 15.1 Å². The number of carbonyl (C=O) groups excluding carboxylic acids is 1. The SMILES string of the molecule is CCCN(CCC)C(=O)C1CCCN(c2ccc(-c3ccccc3C)nn2)C1. The highest BCUT2D eigenvalue weighted by Gasteiger charge is 2.29. The highest BCUT2D eigenvalue weighted by Crippen LogP contribution is 2.25. The molecule has 1 aromatic carbocycles. The second kappa shape index (κ2) is 9.67. The predicted octanol–water partition coefficient (Wildman–Crippen LogP) is 4.32. The van der Waals surface area contributed by atoms with E-state index in [-0.39, 0.29) is 5.92 Å². The average molecular weight is 381 g/mol. The number of nitrogens with zero attached hydrogens (tertiary/aromatic N) is 4. The first-order valence-corrected chi connectivity index (χ1v) is 10.6. The van der Waals surface area contributed by atoms with Crippen LogP contribution in [0, 0.1) is 12.8 Å². The van der Waals surface area contributed by atoms with Crippen molar-refractivity contribution in [2.24, 2.45) is 5.92 Å². The Morgan fingerprint density at radius 2 is 1.86 bits per heavy atom. The van der Waals surface area contributed by atoms with Crippen molar-refractivity contribution in [3.05, 3.63) is 42.0 Å². The molecule has 28 heavy (non-hydrogen) atoms. The minimum Gasteiger partial charge on any atom is -0.354 e. The van der Waals surface area contributed by atoms with E-state index in [1.807, 2.05) is 29.2 Å². The van der Waals surface area contributed by atoms with Gasteiger partial charge in [-0.05, 0) is 50.3 Å². The molecule has 0 saturated carbocycles. The molecule has 3 rings (SSSR count). The van der Waals surface area contributed by atoms with Gasteiger partial charge < -0.3 is 9.80 Å². The lowest BCUT2D eigenvalue weighted by molar-refractivity contribution is -0.135. The zero-order valence-corrected chi connectivity index (χ0v) is 17.4. The van der Waals surface area contributed by atoms with Crippen LogP contribution in [0.5, 0.6) is 0 Å². The summed E-state index contributed by atoms with van der Waals surface area (Å²) in [6.45, 7) is 9.74. The van der Waals surface area contributed by atoms with E-state index in [1.165, 1.54) is 5.56 Å². The summed E-state index contributed by atoms with van der Waals surface area (Å²) < 4.78 is 0. The van der Waals surface area contributed by atoms with Gasteiger partial charge in [-0.1, -0.05) is 38.1 Å². The monoisotopic (exact) mass is 380 g/mol. The van der Waals surface area contributed by atoms with Crippen molar-refractivity contribution in [3.63, 3.8) is 0 Å². The van der Waals surface area contributed by atoms with Gasteiger partial charge in [0, 0.05) is 31.7 Å². The summed E-state index contributed by atoms with van der Waals surface area (Å²) in [6, 6.07) is 12.3. The van der Waals surface area contributed by atoms with Gasteiger partial charge in [0.15, 0.2) is 5.82 Å². The Balaban J connectivity index is 1.70. The number of benzene rings is 1. The first kappa shape index (κ1) is 20.3. The Morgan fingerprint density at radius 3 is 2.50 bits per heavy atom. The lowest BCUT2D eigenvalue weighted by Crippen LogP contribution is -2.45. The second-order valence-corrected chi connectivity index (χ2v) is 7.70. The maximum atomic E-state index is 13.0. The summed E-state index contributed by atoms with van der Waals surface area (Å²) in [7, 11) is 0. The largest absolute Gasteiger partial charge is 0.354 e. The van der Waals surface area contributed by atoms with Gasteiger partial charge in [0.25, 0.3) is 0 Å². The summed E-state index contributed by atoms with van der Waals surface area (Å²) in [6.07, 6.45) is 4.00. The van der Waals surface area contributed by atoms with Gasteiger partial charge in [0.05, 0.1) is 11.6 Å². The average Bonchev–Trinajstić information content (AvgIpc) is 2.74. The van der Waals surface area contributed by atoms with Crippen LogP contribution in [0.4, 0.5) is 5.82 Å². The zero-order chi connectivity index (χ0) is 19.9. The molecule has 0 bridgehead atoms. The van der Waals surface area contributed by atoms with E-state index in [0.717, 1.165) is 68.9 Å². The fourth-order valence-corrected chi connectivity index (χ4v) is 4.01. The van der Waals surface area contributed by atoms with Crippen LogP contribution in [0.25, 0.3) is 11.3 Å². The number of anilines is 1. The van der Waals surface area contributed by atoms with E-state index in [1.54, 1.807) is 0 Å². The lowest BCUT2D eigenvalue weighted by atomic mass is 9.96. The van der Waals surface area contributed by atoms with Crippen molar-refractivity contribution in [2.75, 3.05) is 31.1 Å². The summed E-state index contributed by atoms with van der Waals surface area (Å²) in [5, 5.41) is 8.94. The normalized spacial score (nSPS) is 16.8. The third kappa shape index (κ3) is 4.70. The molecular formula is C23H32N4O. The van der Waals surface area contributed by atoms with Gasteiger partial charge in [0.1, 0.15) is 0 Å². The fourth-order valence-electron chi connectivity index (χ4n) is 4.01. The maximum Gasteiger partial charge on any atom is 0.227 e. The molecule has 5 heteroatoms. The molecule has 0 spiro atoms. The van der Waals surface area contributed by atoms with E-state index in [4.69, 9.17) is 0 Å². The molecule has 1 unspecified atom stereocenters. The molecule has 1 saturated heterocycles. The number of carbonyl (C=O) groups is 1. The Kier molecular flexibility index (Phi) is 7.01. The number of aryl methyl sites for hydroxylation is 1. The molecule has 1 atom stereocenters. The van der Waals surface area contributed by atoms with Gasteiger partial charge >= 0.3 is 0 Å². The van der Waals surface area contributed by atoms with Crippen LogP contribution in [0.15, 0.2) is 36.4 Å². The van der Waals surface area contributed by atoms with Crippen molar-refractivity contribution in [3.8, 4) is 11.3 Å². The molecule has 150 valence electrons. The molecule has 0 aliphatic carbocycles. The first-order chi connectivity index (χ1) is 13.6. The van der Waals surface area contributed by atoms with E-state index in [0.29, 0.717) is 5.91 Å². The molecule has 0 N–H and O–H groups in total. The summed E-state index contributed by atoms with van der Waals surface area (Å²) in [4.78, 5) is 17.3. The van der Waals surface area contributed by atoms with Crippen molar-refractivity contribution >= 4 is 11.7 Å². The van der Waals surface area contributed by atoms with Crippen LogP contribution in [0.3, 0.4) is 0 Å². The molecule has 2 aromatic rings. The standard InChI is InChI=1S/C23H32N4O/c1-4-14-26(15-5-2)23(28)19-10-8-16-27(17-19)22-13-12-21(24-25-22)20-11-7-6-9-18(20)3/h6-7,9,11-13,19H,4-5,8,10,14-17H2,1-3H3. The highest BCUT2D eigenvalue weighted by molar-refractivity contribution is 5.79. The summed E-state index contributed by atoms with van der Waals surface area (Å²) in [5.74, 6) is 1.23. The third-order valence-corrected chi connectivity index (χ3v) is 5.46. The molecule has 0 radical (unpaired) electrons. The third-order valence-electron chi connectivity index (χ3n) is 5.46. The van der Waals surface area contributed by atoms with Gasteiger partial charge in [-0.25, -0.2) is 0 Å². The molecule has 1 aromatic heterocycles. The Hall–Kier alpha value is -2.43. The predicted molar refractivity (Wildman–Crippen MR) is 114 cm³/mol. The Morgan fingerprint density at radius 1 is 1.11 bits per heavy atom. The van der Waals surface area contributed by atoms with Crippen molar-refractivity contribution < 1.29 is 4.79 Å². The van der Waals surface area contributed by atoms with Crippen molar-refractivity contribution in [1.29, 1.82) is 0 Å². The fraction of sp³-hybridized carbons (Fsp3) is 0.522. The van der Waals surface area contributed by atoms with Gasteiger partial charge in [-0.2, -0.15) is 0 Å². The summed E-state index contributed by atoms with van der Waals surface area (Å²) >= 11 is 0.